The van der Waals surface area contributed by atoms with Crippen molar-refractivity contribution >= 4 is 28.5 Å². The number of aryl methyl sites for hydroxylation is 2. The molecule has 2 aromatic heterocycles. The maximum absolute atomic E-state index is 12.5. The van der Waals surface area contributed by atoms with Gasteiger partial charge in [-0.3, -0.25) is 24.6 Å². The first-order valence-electron chi connectivity index (χ1n) is 9.85. The van der Waals surface area contributed by atoms with Crippen LogP contribution in [0.25, 0.3) is 10.8 Å². The predicted molar refractivity (Wildman–Crippen MR) is 105 cm³/mol. The molecule has 4 heterocycles. The summed E-state index contributed by atoms with van der Waals surface area (Å²) in [6.07, 6.45) is 1.40. The number of aromatic nitrogens is 2. The number of amides is 2. The van der Waals surface area contributed by atoms with Gasteiger partial charge in [0.05, 0.1) is 17.6 Å². The van der Waals surface area contributed by atoms with Crippen LogP contribution in [0.4, 0.5) is 5.88 Å². The summed E-state index contributed by atoms with van der Waals surface area (Å²) in [6, 6.07) is 0. The van der Waals surface area contributed by atoms with Crippen molar-refractivity contribution in [1.82, 2.24) is 20.0 Å². The number of nitrogens with zero attached hydrogens (tertiary/aromatic N) is 3. The zero-order valence-corrected chi connectivity index (χ0v) is 16.6. The molecular weight excluding hydrogens is 378 g/mol. The van der Waals surface area contributed by atoms with Gasteiger partial charge in [0.1, 0.15) is 17.3 Å². The molecule has 0 bridgehead atoms. The Morgan fingerprint density at radius 3 is 2.66 bits per heavy atom. The van der Waals surface area contributed by atoms with Crippen molar-refractivity contribution < 1.29 is 18.7 Å². The molecule has 0 radical (unpaired) electrons. The summed E-state index contributed by atoms with van der Waals surface area (Å²) < 4.78 is 11.1. The molecule has 1 unspecified atom stereocenters. The molecule has 1 atom stereocenters. The van der Waals surface area contributed by atoms with Crippen molar-refractivity contribution in [1.29, 1.82) is 0 Å². The fraction of sp³-hybridized carbons (Fsp3) is 0.579. The Morgan fingerprint density at radius 2 is 1.97 bits per heavy atom. The van der Waals surface area contributed by atoms with Gasteiger partial charge in [0.15, 0.2) is 0 Å². The van der Waals surface area contributed by atoms with Crippen molar-refractivity contribution in [2.45, 2.75) is 32.8 Å². The van der Waals surface area contributed by atoms with Gasteiger partial charge in [-0.05, 0) is 26.7 Å². The average Bonchev–Trinajstić information content (AvgIpc) is 3.34. The lowest BCUT2D eigenvalue weighted by Gasteiger charge is -2.35. The molecule has 2 fully saturated rings. The van der Waals surface area contributed by atoms with Crippen LogP contribution in [0.3, 0.4) is 0 Å². The Balaban J connectivity index is 1.35. The number of aromatic amines is 1. The molecule has 2 aliphatic heterocycles. The fourth-order valence-corrected chi connectivity index (χ4v) is 4.00. The van der Waals surface area contributed by atoms with Crippen LogP contribution in [0.5, 0.6) is 0 Å². The van der Waals surface area contributed by atoms with Gasteiger partial charge in [0, 0.05) is 32.8 Å². The molecule has 10 nitrogen and oxygen atoms in total. The number of hydrogen-bond donors (Lipinski definition) is 2. The first kappa shape index (κ1) is 19.6. The highest BCUT2D eigenvalue weighted by Crippen LogP contribution is 2.28. The van der Waals surface area contributed by atoms with Crippen LogP contribution in [-0.4, -0.2) is 77.2 Å². The van der Waals surface area contributed by atoms with E-state index in [1.165, 1.54) is 0 Å². The molecule has 0 saturated carbocycles. The van der Waals surface area contributed by atoms with Gasteiger partial charge in [0.25, 0.3) is 11.5 Å². The number of nitrogens with one attached hydrogen (secondary N) is 2. The highest BCUT2D eigenvalue weighted by atomic mass is 16.5. The van der Waals surface area contributed by atoms with Gasteiger partial charge < -0.3 is 14.1 Å². The van der Waals surface area contributed by atoms with Crippen LogP contribution in [0, 0.1) is 13.8 Å². The average molecular weight is 403 g/mol. The van der Waals surface area contributed by atoms with Crippen LogP contribution < -0.4 is 10.9 Å². The highest BCUT2D eigenvalue weighted by molar-refractivity contribution is 6.01. The number of H-pyrrole nitrogens is 1. The lowest BCUT2D eigenvalue weighted by atomic mass is 10.2. The molecule has 0 spiro atoms. The monoisotopic (exact) mass is 403 g/mol. The molecule has 0 aliphatic carbocycles. The van der Waals surface area contributed by atoms with E-state index in [1.54, 1.807) is 13.8 Å². The van der Waals surface area contributed by atoms with Gasteiger partial charge >= 0.3 is 0 Å². The Labute approximate surface area is 167 Å². The molecule has 29 heavy (non-hydrogen) atoms. The molecule has 156 valence electrons. The smallest absolute Gasteiger partial charge is 0.277 e. The second-order valence-electron chi connectivity index (χ2n) is 7.53. The van der Waals surface area contributed by atoms with E-state index in [-0.39, 0.29) is 30.3 Å². The van der Waals surface area contributed by atoms with E-state index in [2.05, 4.69) is 15.5 Å². The number of fused-ring (bicyclic) bond motifs is 1. The predicted octanol–water partition coefficient (Wildman–Crippen LogP) is 0.395. The molecule has 0 aromatic carbocycles. The fourth-order valence-electron chi connectivity index (χ4n) is 4.00. The minimum absolute atomic E-state index is 0.0485. The number of furan rings is 1. The standard InChI is InChI=1S/C19H25N5O5/c1-11-15-12(2)29-18(16(15)17(26)22-21-11)20-14(25)10-23-5-7-24(8-6-23)19(27)13-4-3-9-28-13/h13H,3-10H2,1-2H3,(H,20,25)(H,22,26). The molecule has 2 aliphatic rings. The third-order valence-corrected chi connectivity index (χ3v) is 5.51. The quantitative estimate of drug-likeness (QED) is 0.758. The molecule has 2 amide bonds. The summed E-state index contributed by atoms with van der Waals surface area (Å²) >= 11 is 0. The van der Waals surface area contributed by atoms with Crippen LogP contribution in [0.1, 0.15) is 24.3 Å². The zero-order valence-electron chi connectivity index (χ0n) is 16.6. The minimum atomic E-state index is -0.404. The van der Waals surface area contributed by atoms with E-state index in [0.717, 1.165) is 12.8 Å². The molecule has 2 aromatic rings. The first-order chi connectivity index (χ1) is 13.9. The maximum Gasteiger partial charge on any atom is 0.277 e. The van der Waals surface area contributed by atoms with E-state index in [1.807, 2.05) is 9.80 Å². The van der Waals surface area contributed by atoms with Gasteiger partial charge in [0.2, 0.25) is 11.8 Å². The number of piperazine rings is 1. The Bertz CT molecular complexity index is 983. The third kappa shape index (κ3) is 3.90. The van der Waals surface area contributed by atoms with Crippen LogP contribution in [0.2, 0.25) is 0 Å². The van der Waals surface area contributed by atoms with Gasteiger partial charge in [-0.2, -0.15) is 5.10 Å². The number of rotatable bonds is 4. The van der Waals surface area contributed by atoms with Gasteiger partial charge in [-0.15, -0.1) is 0 Å². The zero-order chi connectivity index (χ0) is 20.5. The van der Waals surface area contributed by atoms with E-state index in [0.29, 0.717) is 55.0 Å². The summed E-state index contributed by atoms with van der Waals surface area (Å²) in [4.78, 5) is 40.9. The van der Waals surface area contributed by atoms with Gasteiger partial charge in [-0.25, -0.2) is 5.10 Å². The van der Waals surface area contributed by atoms with E-state index >= 15 is 0 Å². The summed E-state index contributed by atoms with van der Waals surface area (Å²) in [5.74, 6) is 0.454. The van der Waals surface area contributed by atoms with E-state index in [9.17, 15) is 14.4 Å². The van der Waals surface area contributed by atoms with Crippen molar-refractivity contribution in [3.63, 3.8) is 0 Å². The van der Waals surface area contributed by atoms with Crippen LogP contribution in [0.15, 0.2) is 9.21 Å². The topological polar surface area (TPSA) is 121 Å². The SMILES string of the molecule is Cc1n[nH]c(=O)c2c(NC(=O)CN3CCN(C(=O)C4CCCO4)CC3)oc(C)c12. The molecule has 2 N–H and O–H groups in total. The second kappa shape index (κ2) is 7.96. The third-order valence-electron chi connectivity index (χ3n) is 5.51. The summed E-state index contributed by atoms with van der Waals surface area (Å²) in [5.41, 5.74) is 0.229. The maximum atomic E-state index is 12.5. The highest BCUT2D eigenvalue weighted by Gasteiger charge is 2.30. The van der Waals surface area contributed by atoms with Crippen molar-refractivity contribution in [3.8, 4) is 0 Å². The molecule has 4 rings (SSSR count). The number of anilines is 1. The number of carbonyl (C=O) groups is 2. The van der Waals surface area contributed by atoms with Crippen molar-refractivity contribution in [2.75, 3.05) is 44.6 Å². The Morgan fingerprint density at radius 1 is 1.21 bits per heavy atom. The molecule has 10 heteroatoms. The van der Waals surface area contributed by atoms with Crippen LogP contribution >= 0.6 is 0 Å². The Hall–Kier alpha value is -2.72. The number of hydrogen-bond acceptors (Lipinski definition) is 7. The number of ether oxygens (including phenoxy) is 1. The van der Waals surface area contributed by atoms with Crippen molar-refractivity contribution in [2.24, 2.45) is 0 Å². The summed E-state index contributed by atoms with van der Waals surface area (Å²) in [7, 11) is 0. The first-order valence-corrected chi connectivity index (χ1v) is 9.85. The summed E-state index contributed by atoms with van der Waals surface area (Å²) in [5, 5.41) is 9.98. The largest absolute Gasteiger partial charge is 0.444 e. The van der Waals surface area contributed by atoms with Gasteiger partial charge in [-0.1, -0.05) is 0 Å². The Kier molecular flexibility index (Phi) is 5.37. The second-order valence-corrected chi connectivity index (χ2v) is 7.53. The normalized spacial score (nSPS) is 20.3. The van der Waals surface area contributed by atoms with E-state index < -0.39 is 5.56 Å². The minimum Gasteiger partial charge on any atom is -0.444 e. The van der Waals surface area contributed by atoms with Crippen molar-refractivity contribution in [3.05, 3.63) is 21.8 Å². The molecular formula is C19H25N5O5. The lowest BCUT2D eigenvalue weighted by molar-refractivity contribution is -0.142. The lowest BCUT2D eigenvalue weighted by Crippen LogP contribution is -2.52. The molecule has 2 saturated heterocycles. The number of carbonyl (C=O) groups excluding carboxylic acids is 2. The van der Waals surface area contributed by atoms with E-state index in [4.69, 9.17) is 9.15 Å². The van der Waals surface area contributed by atoms with Crippen LogP contribution in [-0.2, 0) is 14.3 Å². The summed E-state index contributed by atoms with van der Waals surface area (Å²) in [6.45, 7) is 6.65.